The largest absolute Gasteiger partial charge is 0.490 e. The second-order valence-electron chi connectivity index (χ2n) is 8.05. The minimum atomic E-state index is -5.08. The molecule has 9 nitrogen and oxygen atoms in total. The van der Waals surface area contributed by atoms with Gasteiger partial charge >= 0.3 is 12.1 Å². The molecule has 1 atom stereocenters. The van der Waals surface area contributed by atoms with Crippen molar-refractivity contribution in [2.75, 3.05) is 27.2 Å². The zero-order valence-corrected chi connectivity index (χ0v) is 18.7. The minimum absolute atomic E-state index is 0.0245. The maximum Gasteiger partial charge on any atom is 0.490 e. The van der Waals surface area contributed by atoms with E-state index in [1.807, 2.05) is 17.1 Å². The number of benzene rings is 1. The first-order valence-electron chi connectivity index (χ1n) is 10.4. The summed E-state index contributed by atoms with van der Waals surface area (Å²) in [6.07, 6.45) is -1.36. The van der Waals surface area contributed by atoms with Crippen molar-refractivity contribution < 1.29 is 32.6 Å². The van der Waals surface area contributed by atoms with Crippen molar-refractivity contribution >= 4 is 22.8 Å². The lowest BCUT2D eigenvalue weighted by molar-refractivity contribution is -0.192. The smallest absolute Gasteiger partial charge is 0.475 e. The van der Waals surface area contributed by atoms with Crippen molar-refractivity contribution in [1.82, 2.24) is 24.6 Å². The van der Waals surface area contributed by atoms with Crippen molar-refractivity contribution in [3.05, 3.63) is 54.0 Å². The summed E-state index contributed by atoms with van der Waals surface area (Å²) in [7, 11) is 3.49. The molecule has 1 aliphatic rings. The fourth-order valence-electron chi connectivity index (χ4n) is 3.56. The molecule has 0 aliphatic carbocycles. The number of carboxylic acid groups (broad SMARTS) is 1. The Balaban J connectivity index is 0.000000406. The molecule has 1 aliphatic heterocycles. The Hall–Kier alpha value is -3.38. The van der Waals surface area contributed by atoms with Gasteiger partial charge in [0.15, 0.2) is 0 Å². The van der Waals surface area contributed by atoms with E-state index in [2.05, 4.69) is 45.3 Å². The van der Waals surface area contributed by atoms with Crippen LogP contribution < -0.4 is 0 Å². The fraction of sp³-hybridized carbons (Fsp3) is 0.409. The number of carboxylic acids is 1. The van der Waals surface area contributed by atoms with Gasteiger partial charge in [0.05, 0.1) is 18.3 Å². The Bertz CT molecular complexity index is 1130. The number of nitrogens with zero attached hydrogens (tertiary/aromatic N) is 4. The lowest BCUT2D eigenvalue weighted by atomic mass is 10.1. The second-order valence-corrected chi connectivity index (χ2v) is 8.05. The Labute approximate surface area is 193 Å². The molecule has 1 unspecified atom stereocenters. The van der Waals surface area contributed by atoms with Crippen LogP contribution in [0.2, 0.25) is 0 Å². The molecule has 3 aromatic rings. The lowest BCUT2D eigenvalue weighted by Gasteiger charge is -2.24. The van der Waals surface area contributed by atoms with Crippen LogP contribution >= 0.6 is 0 Å². The molecule has 12 heteroatoms. The van der Waals surface area contributed by atoms with Crippen LogP contribution in [0, 0.1) is 0 Å². The van der Waals surface area contributed by atoms with Crippen molar-refractivity contribution in [3.8, 4) is 0 Å². The van der Waals surface area contributed by atoms with Gasteiger partial charge < -0.3 is 19.7 Å². The third kappa shape index (κ3) is 6.58. The number of H-pyrrole nitrogens is 1. The summed E-state index contributed by atoms with van der Waals surface area (Å²) >= 11 is 0. The number of likely N-dealkylation sites (N-methyl/N-ethyl adjacent to an activating group) is 1. The highest BCUT2D eigenvalue weighted by Crippen LogP contribution is 2.22. The van der Waals surface area contributed by atoms with E-state index in [-0.39, 0.29) is 18.6 Å². The molecule has 1 aromatic carbocycles. The van der Waals surface area contributed by atoms with Gasteiger partial charge in [-0.15, -0.1) is 0 Å². The number of aliphatic carboxylic acids is 1. The van der Waals surface area contributed by atoms with Crippen LogP contribution in [0.1, 0.15) is 11.3 Å². The highest BCUT2D eigenvalue weighted by atomic mass is 19.4. The van der Waals surface area contributed by atoms with E-state index >= 15 is 0 Å². The number of aromatic amines is 1. The van der Waals surface area contributed by atoms with E-state index in [1.165, 1.54) is 16.6 Å². The molecule has 0 spiro atoms. The summed E-state index contributed by atoms with van der Waals surface area (Å²) < 4.78 is 39.7. The van der Waals surface area contributed by atoms with Gasteiger partial charge in [0.1, 0.15) is 6.61 Å². The highest BCUT2D eigenvalue weighted by Gasteiger charge is 2.38. The third-order valence-corrected chi connectivity index (χ3v) is 5.29. The first-order chi connectivity index (χ1) is 16.0. The first kappa shape index (κ1) is 25.2. The van der Waals surface area contributed by atoms with Crippen molar-refractivity contribution in [2.45, 2.75) is 31.9 Å². The molecular weight excluding hydrogens is 455 g/mol. The van der Waals surface area contributed by atoms with Crippen LogP contribution in [-0.4, -0.2) is 81.1 Å². The molecule has 1 amide bonds. The topological polar surface area (TPSA) is 104 Å². The van der Waals surface area contributed by atoms with Crippen LogP contribution in [0.25, 0.3) is 10.9 Å². The molecule has 34 heavy (non-hydrogen) atoms. The van der Waals surface area contributed by atoms with Crippen molar-refractivity contribution in [2.24, 2.45) is 0 Å². The molecular formula is C22H26F3N5O4. The number of nitrogens with one attached hydrogen (secondary N) is 1. The molecule has 0 radical (unpaired) electrons. The van der Waals surface area contributed by atoms with E-state index < -0.39 is 12.1 Å². The molecule has 0 saturated carbocycles. The fourth-order valence-corrected chi connectivity index (χ4v) is 3.56. The maximum absolute atomic E-state index is 11.9. The molecule has 0 saturated heterocycles. The van der Waals surface area contributed by atoms with Crippen LogP contribution in [0.15, 0.2) is 42.7 Å². The number of ether oxygens (including phenoxy) is 1. The zero-order valence-electron chi connectivity index (χ0n) is 18.7. The summed E-state index contributed by atoms with van der Waals surface area (Å²) in [5, 5.41) is 12.8. The molecule has 2 N–H and O–H groups in total. The summed E-state index contributed by atoms with van der Waals surface area (Å²) in [5.41, 5.74) is 3.60. The normalized spacial score (nSPS) is 16.3. The third-order valence-electron chi connectivity index (χ3n) is 5.29. The highest BCUT2D eigenvalue weighted by molar-refractivity contribution is 5.82. The number of amides is 1. The number of carbonyl (C=O) groups is 2. The van der Waals surface area contributed by atoms with E-state index in [0.29, 0.717) is 6.54 Å². The average Bonchev–Trinajstić information content (AvgIpc) is 3.38. The van der Waals surface area contributed by atoms with Gasteiger partial charge in [-0.1, -0.05) is 12.1 Å². The second kappa shape index (κ2) is 10.7. The van der Waals surface area contributed by atoms with Crippen LogP contribution in [0.4, 0.5) is 13.2 Å². The molecule has 4 rings (SSSR count). The van der Waals surface area contributed by atoms with Gasteiger partial charge in [0.25, 0.3) is 0 Å². The number of aromatic nitrogens is 3. The number of hydrogen-bond acceptors (Lipinski definition) is 5. The van der Waals surface area contributed by atoms with Crippen molar-refractivity contribution in [3.63, 3.8) is 0 Å². The molecule has 3 heterocycles. The summed E-state index contributed by atoms with van der Waals surface area (Å²) in [5.74, 6) is -2.78. The Morgan fingerprint density at radius 1 is 1.24 bits per heavy atom. The number of hydrogen-bond donors (Lipinski definition) is 2. The number of rotatable bonds is 5. The van der Waals surface area contributed by atoms with Crippen molar-refractivity contribution in [1.29, 1.82) is 0 Å². The van der Waals surface area contributed by atoms with E-state index in [4.69, 9.17) is 14.6 Å². The number of carbonyl (C=O) groups excluding carboxylic acids is 1. The standard InChI is InChI=1S/C20H25N5O2.C2HF3O2/c1-23(2)20(26)14-27-17-12-24(11-16-6-9-22-25(16)13-17)10-15-4-3-5-19-18(15)7-8-21-19;3-2(4,5)1(6)7/h3-9,17,21H,10-14H2,1-2H3;(H,6,7). The molecule has 2 aromatic heterocycles. The van der Waals surface area contributed by atoms with Gasteiger partial charge in [0.2, 0.25) is 5.91 Å². The molecule has 0 bridgehead atoms. The Kier molecular flexibility index (Phi) is 7.94. The maximum atomic E-state index is 11.9. The monoisotopic (exact) mass is 481 g/mol. The molecule has 0 fully saturated rings. The van der Waals surface area contributed by atoms with Gasteiger partial charge in [-0.2, -0.15) is 18.3 Å². The number of halogens is 3. The summed E-state index contributed by atoms with van der Waals surface area (Å²) in [4.78, 5) is 28.0. The van der Waals surface area contributed by atoms with Crippen LogP contribution in [-0.2, 0) is 34.0 Å². The summed E-state index contributed by atoms with van der Waals surface area (Å²) in [6, 6.07) is 10.5. The minimum Gasteiger partial charge on any atom is -0.475 e. The first-order valence-corrected chi connectivity index (χ1v) is 10.4. The zero-order chi connectivity index (χ0) is 24.9. The Morgan fingerprint density at radius 2 is 1.97 bits per heavy atom. The predicted octanol–water partition coefficient (Wildman–Crippen LogP) is 2.49. The molecule has 184 valence electrons. The SMILES string of the molecule is CN(C)C(=O)COC1CN(Cc2cccc3[nH]ccc23)Cc2ccnn2C1.O=C(O)C(F)(F)F. The lowest BCUT2D eigenvalue weighted by Crippen LogP contribution is -2.36. The van der Waals surface area contributed by atoms with Gasteiger partial charge in [-0.05, 0) is 23.8 Å². The van der Waals surface area contributed by atoms with Gasteiger partial charge in [-0.3, -0.25) is 14.4 Å². The van der Waals surface area contributed by atoms with E-state index in [0.717, 1.165) is 25.2 Å². The van der Waals surface area contributed by atoms with E-state index in [1.54, 1.807) is 19.0 Å². The predicted molar refractivity (Wildman–Crippen MR) is 117 cm³/mol. The van der Waals surface area contributed by atoms with Gasteiger partial charge in [0, 0.05) is 57.0 Å². The van der Waals surface area contributed by atoms with E-state index in [9.17, 15) is 18.0 Å². The quantitative estimate of drug-likeness (QED) is 0.581. The van der Waals surface area contributed by atoms with Gasteiger partial charge in [-0.25, -0.2) is 4.79 Å². The van der Waals surface area contributed by atoms with Crippen LogP contribution in [0.5, 0.6) is 0 Å². The number of alkyl halides is 3. The summed E-state index contributed by atoms with van der Waals surface area (Å²) in [6.45, 7) is 3.14. The van der Waals surface area contributed by atoms with Crippen LogP contribution in [0.3, 0.4) is 0 Å². The Morgan fingerprint density at radius 3 is 2.65 bits per heavy atom. The average molecular weight is 481 g/mol. The number of fused-ring (bicyclic) bond motifs is 2.